The van der Waals surface area contributed by atoms with Gasteiger partial charge in [0.25, 0.3) is 0 Å². The van der Waals surface area contributed by atoms with E-state index in [1.54, 1.807) is 0 Å². The van der Waals surface area contributed by atoms with Crippen molar-refractivity contribution in [2.75, 3.05) is 0 Å². The highest BCUT2D eigenvalue weighted by atomic mass is 16.3. The van der Waals surface area contributed by atoms with Crippen LogP contribution in [0.1, 0.15) is 62.0 Å². The minimum absolute atomic E-state index is 0.352. The van der Waals surface area contributed by atoms with Gasteiger partial charge in [-0.05, 0) is 55.0 Å². The van der Waals surface area contributed by atoms with Crippen molar-refractivity contribution >= 4 is 33.0 Å². The van der Waals surface area contributed by atoms with E-state index in [-0.39, 0.29) is 0 Å². The standard InChI is InChI=1S/C32H31N3O/c1-18(2)22-12-9-13-23(19(3)4)30(22)35-29-21(6)33-20(5)17-27(29)34-32(35)26-15-10-14-25-24-11-7-8-16-28(24)36-31(25)26/h7-19H,1-6H3. The number of para-hydroxylation sites is 3. The highest BCUT2D eigenvalue weighted by molar-refractivity contribution is 6.09. The SMILES string of the molecule is Cc1cc2nc(-c3cccc4c3oc3ccccc34)n(-c3c(C(C)C)cccc3C(C)C)c2c(C)n1. The smallest absolute Gasteiger partial charge is 0.149 e. The zero-order valence-electron chi connectivity index (χ0n) is 21.8. The number of fused-ring (bicyclic) bond motifs is 4. The van der Waals surface area contributed by atoms with Crippen molar-refractivity contribution in [2.24, 2.45) is 0 Å². The second kappa shape index (κ2) is 8.34. The van der Waals surface area contributed by atoms with Gasteiger partial charge >= 0.3 is 0 Å². The summed E-state index contributed by atoms with van der Waals surface area (Å²) in [5.74, 6) is 1.59. The Morgan fingerprint density at radius 2 is 1.42 bits per heavy atom. The first-order valence-corrected chi connectivity index (χ1v) is 12.8. The molecule has 6 aromatic rings. The van der Waals surface area contributed by atoms with Crippen molar-refractivity contribution in [3.63, 3.8) is 0 Å². The molecule has 180 valence electrons. The summed E-state index contributed by atoms with van der Waals surface area (Å²) in [5, 5.41) is 2.23. The highest BCUT2D eigenvalue weighted by Crippen LogP contribution is 2.41. The molecule has 0 amide bonds. The molecule has 3 heterocycles. The minimum atomic E-state index is 0.352. The van der Waals surface area contributed by atoms with Crippen LogP contribution in [0.15, 0.2) is 71.1 Å². The summed E-state index contributed by atoms with van der Waals surface area (Å²) >= 11 is 0. The molecule has 0 saturated heterocycles. The van der Waals surface area contributed by atoms with Crippen molar-refractivity contribution in [3.05, 3.63) is 89.2 Å². The molecule has 0 bridgehead atoms. The predicted octanol–water partition coefficient (Wildman–Crippen LogP) is 8.85. The topological polar surface area (TPSA) is 43.9 Å². The van der Waals surface area contributed by atoms with E-state index in [0.29, 0.717) is 11.8 Å². The van der Waals surface area contributed by atoms with Crippen LogP contribution in [-0.4, -0.2) is 14.5 Å². The number of hydrogen-bond donors (Lipinski definition) is 0. The zero-order chi connectivity index (χ0) is 25.1. The first kappa shape index (κ1) is 22.5. The Balaban J connectivity index is 1.81. The maximum Gasteiger partial charge on any atom is 0.149 e. The van der Waals surface area contributed by atoms with E-state index < -0.39 is 0 Å². The van der Waals surface area contributed by atoms with E-state index >= 15 is 0 Å². The van der Waals surface area contributed by atoms with Crippen LogP contribution in [0.5, 0.6) is 0 Å². The zero-order valence-corrected chi connectivity index (χ0v) is 21.8. The lowest BCUT2D eigenvalue weighted by Crippen LogP contribution is -2.09. The average molecular weight is 474 g/mol. The van der Waals surface area contributed by atoms with Crippen molar-refractivity contribution in [1.82, 2.24) is 14.5 Å². The molecule has 0 aliphatic rings. The molecule has 0 fully saturated rings. The van der Waals surface area contributed by atoms with Crippen molar-refractivity contribution < 1.29 is 4.42 Å². The third kappa shape index (κ3) is 3.35. The number of furan rings is 1. The van der Waals surface area contributed by atoms with Gasteiger partial charge in [0, 0.05) is 16.5 Å². The molecule has 0 unspecified atom stereocenters. The van der Waals surface area contributed by atoms with Gasteiger partial charge in [0.05, 0.1) is 28.0 Å². The molecule has 36 heavy (non-hydrogen) atoms. The van der Waals surface area contributed by atoms with Gasteiger partial charge in [-0.1, -0.05) is 76.2 Å². The summed E-state index contributed by atoms with van der Waals surface area (Å²) in [7, 11) is 0. The second-order valence-corrected chi connectivity index (χ2v) is 10.4. The first-order chi connectivity index (χ1) is 17.3. The summed E-state index contributed by atoms with van der Waals surface area (Å²) in [5.41, 5.74) is 10.5. The van der Waals surface area contributed by atoms with E-state index in [4.69, 9.17) is 14.4 Å². The van der Waals surface area contributed by atoms with Gasteiger partial charge in [-0.3, -0.25) is 9.55 Å². The Morgan fingerprint density at radius 3 is 2.14 bits per heavy atom. The predicted molar refractivity (Wildman–Crippen MR) is 149 cm³/mol. The van der Waals surface area contributed by atoms with Gasteiger partial charge in [0.2, 0.25) is 0 Å². The summed E-state index contributed by atoms with van der Waals surface area (Å²) in [6, 6.07) is 23.4. The van der Waals surface area contributed by atoms with Crippen LogP contribution in [0.2, 0.25) is 0 Å². The maximum absolute atomic E-state index is 6.47. The lowest BCUT2D eigenvalue weighted by Gasteiger charge is -2.23. The number of rotatable bonds is 4. The third-order valence-electron chi connectivity index (χ3n) is 7.15. The van der Waals surface area contributed by atoms with Crippen LogP contribution >= 0.6 is 0 Å². The molecule has 3 aromatic heterocycles. The normalized spacial score (nSPS) is 12.1. The molecule has 0 atom stereocenters. The molecule has 0 spiro atoms. The number of hydrogen-bond acceptors (Lipinski definition) is 3. The fourth-order valence-electron chi connectivity index (χ4n) is 5.52. The molecule has 4 heteroatoms. The summed E-state index contributed by atoms with van der Waals surface area (Å²) in [4.78, 5) is 10.1. The van der Waals surface area contributed by atoms with Crippen LogP contribution in [0.25, 0.3) is 50.0 Å². The monoisotopic (exact) mass is 473 g/mol. The third-order valence-corrected chi connectivity index (χ3v) is 7.15. The molecule has 6 rings (SSSR count). The van der Waals surface area contributed by atoms with Crippen molar-refractivity contribution in [3.8, 4) is 17.1 Å². The number of imidazole rings is 1. The fourth-order valence-corrected chi connectivity index (χ4v) is 5.52. The molecule has 0 saturated carbocycles. The quantitative estimate of drug-likeness (QED) is 0.257. The average Bonchev–Trinajstić information content (AvgIpc) is 3.42. The van der Waals surface area contributed by atoms with Crippen LogP contribution in [-0.2, 0) is 0 Å². The Bertz CT molecular complexity index is 1740. The van der Waals surface area contributed by atoms with E-state index in [0.717, 1.165) is 55.7 Å². The Morgan fingerprint density at radius 1 is 0.750 bits per heavy atom. The van der Waals surface area contributed by atoms with Crippen LogP contribution < -0.4 is 0 Å². The Kier molecular flexibility index (Phi) is 5.22. The number of nitrogens with zero attached hydrogens (tertiary/aromatic N) is 3. The van der Waals surface area contributed by atoms with Gasteiger partial charge in [0.15, 0.2) is 0 Å². The van der Waals surface area contributed by atoms with Crippen LogP contribution in [0.4, 0.5) is 0 Å². The number of aromatic nitrogens is 3. The van der Waals surface area contributed by atoms with Gasteiger partial charge in [0.1, 0.15) is 17.0 Å². The lowest BCUT2D eigenvalue weighted by molar-refractivity contribution is 0.669. The Labute approximate surface area is 211 Å². The number of benzene rings is 3. The van der Waals surface area contributed by atoms with Crippen molar-refractivity contribution in [1.29, 1.82) is 0 Å². The van der Waals surface area contributed by atoms with Crippen LogP contribution in [0, 0.1) is 13.8 Å². The Hall–Kier alpha value is -3.92. The summed E-state index contributed by atoms with van der Waals surface area (Å²) < 4.78 is 8.82. The molecular weight excluding hydrogens is 442 g/mol. The molecule has 0 N–H and O–H groups in total. The molecule has 4 nitrogen and oxygen atoms in total. The van der Waals surface area contributed by atoms with Gasteiger partial charge in [-0.25, -0.2) is 4.98 Å². The van der Waals surface area contributed by atoms with E-state index in [2.05, 4.69) is 93.8 Å². The summed E-state index contributed by atoms with van der Waals surface area (Å²) in [6.45, 7) is 13.2. The van der Waals surface area contributed by atoms with Crippen LogP contribution in [0.3, 0.4) is 0 Å². The molecule has 0 aliphatic heterocycles. The molecular formula is C32H31N3O. The largest absolute Gasteiger partial charge is 0.455 e. The number of aryl methyl sites for hydroxylation is 2. The highest BCUT2D eigenvalue weighted by Gasteiger charge is 2.25. The van der Waals surface area contributed by atoms with E-state index in [9.17, 15) is 0 Å². The van der Waals surface area contributed by atoms with Gasteiger partial charge < -0.3 is 4.42 Å². The number of pyridine rings is 1. The molecule has 0 aliphatic carbocycles. The molecule has 3 aromatic carbocycles. The van der Waals surface area contributed by atoms with E-state index in [1.807, 2.05) is 19.1 Å². The van der Waals surface area contributed by atoms with Gasteiger partial charge in [-0.2, -0.15) is 0 Å². The van der Waals surface area contributed by atoms with Gasteiger partial charge in [-0.15, -0.1) is 0 Å². The molecule has 0 radical (unpaired) electrons. The maximum atomic E-state index is 6.47. The first-order valence-electron chi connectivity index (χ1n) is 12.8. The van der Waals surface area contributed by atoms with Crippen molar-refractivity contribution in [2.45, 2.75) is 53.4 Å². The summed E-state index contributed by atoms with van der Waals surface area (Å²) in [6.07, 6.45) is 0. The minimum Gasteiger partial charge on any atom is -0.455 e. The lowest BCUT2D eigenvalue weighted by atomic mass is 9.92. The fraction of sp³-hybridized carbons (Fsp3) is 0.250. The second-order valence-electron chi connectivity index (χ2n) is 10.4. The van der Waals surface area contributed by atoms with E-state index in [1.165, 1.54) is 16.8 Å².